The van der Waals surface area contributed by atoms with Gasteiger partial charge in [0.05, 0.1) is 0 Å². The van der Waals surface area contributed by atoms with Crippen LogP contribution in [0.2, 0.25) is 0 Å². The van der Waals surface area contributed by atoms with Crippen molar-refractivity contribution in [3.63, 3.8) is 0 Å². The second kappa shape index (κ2) is 3.54. The lowest BCUT2D eigenvalue weighted by Gasteiger charge is -2.18. The van der Waals surface area contributed by atoms with Crippen LogP contribution in [0.15, 0.2) is 25.3 Å². The normalized spacial score (nSPS) is 17.3. The van der Waals surface area contributed by atoms with E-state index in [9.17, 15) is 0 Å². The average molecular weight is 138 g/mol. The zero-order valence-electron chi connectivity index (χ0n) is 6.29. The standard InChI is InChI=1S/C8H14N2/c1-3-5-9(6-4-2)10-7-8-10/h3-4H,1-2,5-8H2. The van der Waals surface area contributed by atoms with Crippen LogP contribution in [-0.4, -0.2) is 36.2 Å². The molecule has 0 aromatic rings. The summed E-state index contributed by atoms with van der Waals surface area (Å²) in [6.07, 6.45) is 3.84. The van der Waals surface area contributed by atoms with Gasteiger partial charge in [0.15, 0.2) is 0 Å². The fourth-order valence-corrected chi connectivity index (χ4v) is 0.931. The number of rotatable bonds is 5. The Hall–Kier alpha value is -0.600. The molecule has 56 valence electrons. The fourth-order valence-electron chi connectivity index (χ4n) is 0.931. The number of hydrogen-bond donors (Lipinski definition) is 0. The summed E-state index contributed by atoms with van der Waals surface area (Å²) in [4.78, 5) is 0. The molecule has 0 amide bonds. The van der Waals surface area contributed by atoms with Crippen molar-refractivity contribution in [3.05, 3.63) is 25.3 Å². The van der Waals surface area contributed by atoms with E-state index in [1.807, 2.05) is 12.2 Å². The molecule has 1 aliphatic heterocycles. The van der Waals surface area contributed by atoms with Gasteiger partial charge in [0.25, 0.3) is 0 Å². The van der Waals surface area contributed by atoms with E-state index in [1.54, 1.807) is 0 Å². The van der Waals surface area contributed by atoms with Gasteiger partial charge in [-0.05, 0) is 0 Å². The van der Waals surface area contributed by atoms with Gasteiger partial charge in [-0.3, -0.25) is 0 Å². The molecule has 10 heavy (non-hydrogen) atoms. The lowest BCUT2D eigenvalue weighted by atomic mass is 10.5. The maximum atomic E-state index is 3.69. The van der Waals surface area contributed by atoms with Gasteiger partial charge in [-0.2, -0.15) is 0 Å². The molecule has 1 saturated heterocycles. The minimum Gasteiger partial charge on any atom is -0.239 e. The second-order valence-corrected chi connectivity index (χ2v) is 2.40. The van der Waals surface area contributed by atoms with Crippen molar-refractivity contribution in [1.82, 2.24) is 10.0 Å². The Bertz CT molecular complexity index is 117. The van der Waals surface area contributed by atoms with Crippen molar-refractivity contribution in [3.8, 4) is 0 Å². The quantitative estimate of drug-likeness (QED) is 0.411. The van der Waals surface area contributed by atoms with Crippen molar-refractivity contribution in [2.75, 3.05) is 26.2 Å². The SMILES string of the molecule is C=CCN(CC=C)N1CC1. The van der Waals surface area contributed by atoms with Crippen LogP contribution in [0, 0.1) is 0 Å². The lowest BCUT2D eigenvalue weighted by Crippen LogP contribution is -2.29. The Morgan fingerprint density at radius 2 is 1.70 bits per heavy atom. The maximum absolute atomic E-state index is 3.69. The van der Waals surface area contributed by atoms with Gasteiger partial charge in [0.1, 0.15) is 0 Å². The van der Waals surface area contributed by atoms with Crippen molar-refractivity contribution < 1.29 is 0 Å². The summed E-state index contributed by atoms with van der Waals surface area (Å²) in [6.45, 7) is 11.6. The molecule has 0 radical (unpaired) electrons. The molecule has 2 nitrogen and oxygen atoms in total. The van der Waals surface area contributed by atoms with E-state index < -0.39 is 0 Å². The topological polar surface area (TPSA) is 6.25 Å². The summed E-state index contributed by atoms with van der Waals surface area (Å²) >= 11 is 0. The number of hydrazine groups is 1. The van der Waals surface area contributed by atoms with E-state index in [0.717, 1.165) is 13.1 Å². The van der Waals surface area contributed by atoms with Crippen LogP contribution in [0.1, 0.15) is 0 Å². The molecule has 1 heterocycles. The van der Waals surface area contributed by atoms with Crippen molar-refractivity contribution in [2.24, 2.45) is 0 Å². The van der Waals surface area contributed by atoms with Crippen LogP contribution in [0.3, 0.4) is 0 Å². The van der Waals surface area contributed by atoms with E-state index in [1.165, 1.54) is 13.1 Å². The van der Waals surface area contributed by atoms with Gasteiger partial charge >= 0.3 is 0 Å². The third-order valence-corrected chi connectivity index (χ3v) is 1.50. The molecule has 2 heteroatoms. The van der Waals surface area contributed by atoms with Crippen LogP contribution < -0.4 is 0 Å². The van der Waals surface area contributed by atoms with E-state index in [2.05, 4.69) is 23.2 Å². The largest absolute Gasteiger partial charge is 0.239 e. The molecule has 1 aliphatic rings. The fraction of sp³-hybridized carbons (Fsp3) is 0.500. The highest BCUT2D eigenvalue weighted by molar-refractivity contribution is 4.82. The molecular weight excluding hydrogens is 124 g/mol. The summed E-state index contributed by atoms with van der Waals surface area (Å²) in [7, 11) is 0. The van der Waals surface area contributed by atoms with Crippen molar-refractivity contribution in [1.29, 1.82) is 0 Å². The van der Waals surface area contributed by atoms with E-state index >= 15 is 0 Å². The van der Waals surface area contributed by atoms with Crippen LogP contribution in [0.25, 0.3) is 0 Å². The van der Waals surface area contributed by atoms with Crippen LogP contribution in [-0.2, 0) is 0 Å². The Balaban J connectivity index is 2.25. The average Bonchev–Trinajstić information content (AvgIpc) is 2.69. The maximum Gasteiger partial charge on any atom is 0.0315 e. The van der Waals surface area contributed by atoms with Gasteiger partial charge in [0, 0.05) is 26.2 Å². The molecule has 0 saturated carbocycles. The zero-order valence-corrected chi connectivity index (χ0v) is 6.29. The summed E-state index contributed by atoms with van der Waals surface area (Å²) in [5.74, 6) is 0. The third kappa shape index (κ3) is 1.97. The first kappa shape index (κ1) is 7.51. The van der Waals surface area contributed by atoms with Crippen molar-refractivity contribution in [2.45, 2.75) is 0 Å². The second-order valence-electron chi connectivity index (χ2n) is 2.40. The molecule has 0 aromatic heterocycles. The van der Waals surface area contributed by atoms with Crippen LogP contribution >= 0.6 is 0 Å². The molecule has 1 fully saturated rings. The molecule has 0 bridgehead atoms. The number of nitrogens with zero attached hydrogens (tertiary/aromatic N) is 2. The molecule has 0 aliphatic carbocycles. The van der Waals surface area contributed by atoms with Gasteiger partial charge in [-0.25, -0.2) is 10.0 Å². The van der Waals surface area contributed by atoms with Gasteiger partial charge < -0.3 is 0 Å². The Morgan fingerprint density at radius 1 is 1.20 bits per heavy atom. The molecule has 0 N–H and O–H groups in total. The summed E-state index contributed by atoms with van der Waals surface area (Å²) < 4.78 is 0. The highest BCUT2D eigenvalue weighted by Crippen LogP contribution is 2.08. The van der Waals surface area contributed by atoms with E-state index in [4.69, 9.17) is 0 Å². The van der Waals surface area contributed by atoms with Gasteiger partial charge in [0.2, 0.25) is 0 Å². The summed E-state index contributed by atoms with van der Waals surface area (Å²) in [5.41, 5.74) is 0. The summed E-state index contributed by atoms with van der Waals surface area (Å²) in [6, 6.07) is 0. The smallest absolute Gasteiger partial charge is 0.0315 e. The first-order valence-corrected chi connectivity index (χ1v) is 3.60. The summed E-state index contributed by atoms with van der Waals surface area (Å²) in [5, 5.41) is 4.52. The van der Waals surface area contributed by atoms with Crippen molar-refractivity contribution >= 4 is 0 Å². The van der Waals surface area contributed by atoms with E-state index in [0.29, 0.717) is 0 Å². The monoisotopic (exact) mass is 138 g/mol. The van der Waals surface area contributed by atoms with E-state index in [-0.39, 0.29) is 0 Å². The zero-order chi connectivity index (χ0) is 7.40. The molecule has 0 aromatic carbocycles. The molecule has 1 rings (SSSR count). The number of hydrogen-bond acceptors (Lipinski definition) is 2. The van der Waals surface area contributed by atoms with Crippen LogP contribution in [0.5, 0.6) is 0 Å². The lowest BCUT2D eigenvalue weighted by molar-refractivity contribution is 0.122. The highest BCUT2D eigenvalue weighted by Gasteiger charge is 2.22. The third-order valence-electron chi connectivity index (χ3n) is 1.50. The molecule has 0 unspecified atom stereocenters. The Labute approximate surface area is 62.4 Å². The predicted octanol–water partition coefficient (Wildman–Crippen LogP) is 0.891. The Morgan fingerprint density at radius 3 is 2.00 bits per heavy atom. The molecule has 0 atom stereocenters. The first-order valence-electron chi connectivity index (χ1n) is 3.60. The highest BCUT2D eigenvalue weighted by atomic mass is 15.7. The van der Waals surface area contributed by atoms with Gasteiger partial charge in [-0.15, -0.1) is 13.2 Å². The minimum absolute atomic E-state index is 0.937. The Kier molecular flexibility index (Phi) is 2.66. The van der Waals surface area contributed by atoms with Gasteiger partial charge in [-0.1, -0.05) is 12.2 Å². The first-order chi connectivity index (χ1) is 4.88. The predicted molar refractivity (Wildman–Crippen MR) is 43.5 cm³/mol. The minimum atomic E-state index is 0.937. The molecular formula is C8H14N2. The molecule has 0 spiro atoms. The van der Waals surface area contributed by atoms with Crippen LogP contribution in [0.4, 0.5) is 0 Å².